The second-order valence-corrected chi connectivity index (χ2v) is 8.88. The lowest BCUT2D eigenvalue weighted by Crippen LogP contribution is -2.40. The minimum Gasteiger partial charge on any atom is -0.481 e. The number of carboxylic acids is 1. The van der Waals surface area contributed by atoms with Gasteiger partial charge in [0.1, 0.15) is 6.61 Å². The molecule has 0 heterocycles. The van der Waals surface area contributed by atoms with Gasteiger partial charge in [-0.25, -0.2) is 4.79 Å². The number of fused-ring (bicyclic) bond motifs is 3. The van der Waals surface area contributed by atoms with E-state index in [-0.39, 0.29) is 42.7 Å². The van der Waals surface area contributed by atoms with Crippen LogP contribution in [0.5, 0.6) is 0 Å². The number of carbonyl (C=O) groups is 3. The molecule has 0 bridgehead atoms. The number of alkyl carbamates (subject to hydrolysis) is 1. The van der Waals surface area contributed by atoms with Gasteiger partial charge in [0.05, 0.1) is 11.8 Å². The molecule has 1 saturated carbocycles. The van der Waals surface area contributed by atoms with E-state index in [4.69, 9.17) is 9.84 Å². The maximum absolute atomic E-state index is 12.5. The van der Waals surface area contributed by atoms with E-state index in [1.165, 1.54) is 11.1 Å². The molecule has 2 aliphatic rings. The molecule has 0 radical (unpaired) electrons. The largest absolute Gasteiger partial charge is 0.481 e. The summed E-state index contributed by atoms with van der Waals surface area (Å²) in [6.07, 6.45) is 1.49. The standard InChI is InChI=1S/C26H30N2O5/c1-2-7-16(24(29)27-14-17-12-22(17)25(30)31)13-28-26(32)33-15-23-20-10-5-3-8-18(20)19-9-4-6-11-21(19)23/h3-6,8-11,16-17,22-23H,2,7,12-15H2,1H3,(H,27,29)(H,28,32)(H,30,31)/t16?,17-,22-/m0/s1. The van der Waals surface area contributed by atoms with Crippen molar-refractivity contribution in [2.45, 2.75) is 32.1 Å². The van der Waals surface area contributed by atoms with Crippen molar-refractivity contribution < 1.29 is 24.2 Å². The number of amides is 2. The third-order valence-corrected chi connectivity index (χ3v) is 6.62. The number of carboxylic acid groups (broad SMARTS) is 1. The summed E-state index contributed by atoms with van der Waals surface area (Å²) >= 11 is 0. The highest BCUT2D eigenvalue weighted by Crippen LogP contribution is 2.44. The molecule has 2 aromatic rings. The number of nitrogens with one attached hydrogen (secondary N) is 2. The third kappa shape index (κ3) is 5.18. The lowest BCUT2D eigenvalue weighted by molar-refractivity contribution is -0.139. The normalized spacial score (nSPS) is 19.2. The molecule has 2 aliphatic carbocycles. The molecular weight excluding hydrogens is 420 g/mol. The van der Waals surface area contributed by atoms with E-state index in [1.54, 1.807) is 0 Å². The molecule has 174 valence electrons. The van der Waals surface area contributed by atoms with Crippen LogP contribution in [0.25, 0.3) is 11.1 Å². The topological polar surface area (TPSA) is 105 Å². The van der Waals surface area contributed by atoms with Crippen LogP contribution in [-0.2, 0) is 14.3 Å². The maximum atomic E-state index is 12.5. The van der Waals surface area contributed by atoms with Gasteiger partial charge in [-0.1, -0.05) is 61.9 Å². The highest BCUT2D eigenvalue weighted by Gasteiger charge is 2.43. The fourth-order valence-corrected chi connectivity index (χ4v) is 4.68. The average molecular weight is 451 g/mol. The Morgan fingerprint density at radius 3 is 2.24 bits per heavy atom. The Morgan fingerprint density at radius 1 is 1.03 bits per heavy atom. The van der Waals surface area contributed by atoms with Crippen LogP contribution in [0.15, 0.2) is 48.5 Å². The van der Waals surface area contributed by atoms with Crippen molar-refractivity contribution in [3.05, 3.63) is 59.7 Å². The molecular formula is C26H30N2O5. The zero-order chi connectivity index (χ0) is 23.4. The molecule has 3 atom stereocenters. The number of aliphatic carboxylic acids is 1. The van der Waals surface area contributed by atoms with Crippen LogP contribution in [0.4, 0.5) is 4.79 Å². The fourth-order valence-electron chi connectivity index (χ4n) is 4.68. The van der Waals surface area contributed by atoms with Crippen LogP contribution in [0.2, 0.25) is 0 Å². The van der Waals surface area contributed by atoms with Gasteiger partial charge in [0, 0.05) is 19.0 Å². The second-order valence-electron chi connectivity index (χ2n) is 8.88. The summed E-state index contributed by atoms with van der Waals surface area (Å²) in [5.41, 5.74) is 4.63. The van der Waals surface area contributed by atoms with Gasteiger partial charge in [0.15, 0.2) is 0 Å². The molecule has 1 fully saturated rings. The quantitative estimate of drug-likeness (QED) is 0.511. The van der Waals surface area contributed by atoms with E-state index in [2.05, 4.69) is 34.9 Å². The van der Waals surface area contributed by atoms with Crippen molar-refractivity contribution in [1.29, 1.82) is 0 Å². The van der Waals surface area contributed by atoms with Gasteiger partial charge in [-0.2, -0.15) is 0 Å². The molecule has 0 aromatic heterocycles. The van der Waals surface area contributed by atoms with Crippen LogP contribution in [0.3, 0.4) is 0 Å². The van der Waals surface area contributed by atoms with Gasteiger partial charge >= 0.3 is 12.1 Å². The predicted molar refractivity (Wildman–Crippen MR) is 124 cm³/mol. The Balaban J connectivity index is 1.27. The first kappa shape index (κ1) is 22.8. The number of hydrogen-bond acceptors (Lipinski definition) is 4. The van der Waals surface area contributed by atoms with Crippen molar-refractivity contribution in [3.63, 3.8) is 0 Å². The SMILES string of the molecule is CCCC(CNC(=O)OCC1c2ccccc2-c2ccccc21)C(=O)NC[C@@H]1C[C@@H]1C(=O)O. The van der Waals surface area contributed by atoms with Crippen LogP contribution in [0.1, 0.15) is 43.2 Å². The average Bonchev–Trinajstić information content (AvgIpc) is 3.54. The molecule has 0 saturated heterocycles. The highest BCUT2D eigenvalue weighted by molar-refractivity contribution is 5.81. The maximum Gasteiger partial charge on any atom is 0.407 e. The molecule has 3 N–H and O–H groups in total. The van der Waals surface area contributed by atoms with E-state index in [9.17, 15) is 14.4 Å². The Hall–Kier alpha value is -3.35. The van der Waals surface area contributed by atoms with Gasteiger partial charge < -0.3 is 20.5 Å². The Labute approximate surface area is 193 Å². The minimum absolute atomic E-state index is 0.00354. The second kappa shape index (κ2) is 10.1. The Kier molecular flexibility index (Phi) is 6.96. The Bertz CT molecular complexity index is 991. The van der Waals surface area contributed by atoms with Gasteiger partial charge in [-0.15, -0.1) is 0 Å². The lowest BCUT2D eigenvalue weighted by Gasteiger charge is -2.18. The summed E-state index contributed by atoms with van der Waals surface area (Å²) in [6.45, 7) is 2.75. The van der Waals surface area contributed by atoms with Crippen molar-refractivity contribution >= 4 is 18.0 Å². The molecule has 4 rings (SSSR count). The highest BCUT2D eigenvalue weighted by atomic mass is 16.5. The summed E-state index contributed by atoms with van der Waals surface area (Å²) in [4.78, 5) is 35.9. The zero-order valence-electron chi connectivity index (χ0n) is 18.8. The van der Waals surface area contributed by atoms with Crippen molar-refractivity contribution in [2.24, 2.45) is 17.8 Å². The smallest absolute Gasteiger partial charge is 0.407 e. The molecule has 1 unspecified atom stereocenters. The first-order valence-corrected chi connectivity index (χ1v) is 11.6. The van der Waals surface area contributed by atoms with Gasteiger partial charge in [0.2, 0.25) is 5.91 Å². The molecule has 0 aliphatic heterocycles. The number of benzene rings is 2. The van der Waals surface area contributed by atoms with Crippen LogP contribution >= 0.6 is 0 Å². The summed E-state index contributed by atoms with van der Waals surface area (Å²) in [5.74, 6) is -1.71. The van der Waals surface area contributed by atoms with Gasteiger partial charge in [-0.3, -0.25) is 9.59 Å². The number of carbonyl (C=O) groups excluding carboxylic acids is 2. The van der Waals surface area contributed by atoms with Crippen LogP contribution in [-0.4, -0.2) is 42.8 Å². The lowest BCUT2D eigenvalue weighted by atomic mass is 9.98. The van der Waals surface area contributed by atoms with Crippen LogP contribution in [0, 0.1) is 17.8 Å². The summed E-state index contributed by atoms with van der Waals surface area (Å²) in [7, 11) is 0. The van der Waals surface area contributed by atoms with E-state index in [0.717, 1.165) is 17.5 Å². The predicted octanol–water partition coefficient (Wildman–Crippen LogP) is 3.78. The first-order valence-electron chi connectivity index (χ1n) is 11.6. The Morgan fingerprint density at radius 2 is 1.67 bits per heavy atom. The molecule has 7 nitrogen and oxygen atoms in total. The molecule has 0 spiro atoms. The number of ether oxygens (including phenoxy) is 1. The third-order valence-electron chi connectivity index (χ3n) is 6.62. The van der Waals surface area contributed by atoms with Gasteiger partial charge in [-0.05, 0) is 41.0 Å². The first-order chi connectivity index (χ1) is 16.0. The van der Waals surface area contributed by atoms with E-state index in [1.807, 2.05) is 31.2 Å². The molecule has 33 heavy (non-hydrogen) atoms. The van der Waals surface area contributed by atoms with E-state index >= 15 is 0 Å². The molecule has 2 amide bonds. The van der Waals surface area contributed by atoms with E-state index < -0.39 is 12.1 Å². The summed E-state index contributed by atoms with van der Waals surface area (Å²) in [6, 6.07) is 16.3. The summed E-state index contributed by atoms with van der Waals surface area (Å²) in [5, 5.41) is 14.6. The van der Waals surface area contributed by atoms with Crippen molar-refractivity contribution in [1.82, 2.24) is 10.6 Å². The zero-order valence-corrected chi connectivity index (χ0v) is 18.8. The molecule has 2 aromatic carbocycles. The van der Waals surface area contributed by atoms with Crippen molar-refractivity contribution in [3.8, 4) is 11.1 Å². The van der Waals surface area contributed by atoms with Gasteiger partial charge in [0.25, 0.3) is 0 Å². The fraction of sp³-hybridized carbons (Fsp3) is 0.423. The van der Waals surface area contributed by atoms with E-state index in [0.29, 0.717) is 19.4 Å². The summed E-state index contributed by atoms with van der Waals surface area (Å²) < 4.78 is 5.55. The monoisotopic (exact) mass is 450 g/mol. The van der Waals surface area contributed by atoms with Crippen LogP contribution < -0.4 is 10.6 Å². The molecule has 7 heteroatoms. The minimum atomic E-state index is -0.809. The number of rotatable bonds is 10. The number of hydrogen-bond donors (Lipinski definition) is 3. The van der Waals surface area contributed by atoms with Crippen molar-refractivity contribution in [2.75, 3.05) is 19.7 Å².